The Morgan fingerprint density at radius 1 is 1.22 bits per heavy atom. The molecule has 3 atom stereocenters. The lowest BCUT2D eigenvalue weighted by Crippen LogP contribution is -2.46. The first-order valence-corrected chi connectivity index (χ1v) is 7.98. The molecule has 0 radical (unpaired) electrons. The van der Waals surface area contributed by atoms with Crippen molar-refractivity contribution in [2.45, 2.75) is 59.0 Å². The van der Waals surface area contributed by atoms with Crippen LogP contribution in [-0.2, 0) is 16.1 Å². The molecule has 0 aromatic heterocycles. The van der Waals surface area contributed by atoms with Gasteiger partial charge in [0.1, 0.15) is 5.60 Å². The van der Waals surface area contributed by atoms with E-state index in [0.29, 0.717) is 13.2 Å². The molecule has 1 aromatic carbocycles. The van der Waals surface area contributed by atoms with E-state index in [1.54, 1.807) is 27.7 Å². The van der Waals surface area contributed by atoms with Gasteiger partial charge in [-0.1, -0.05) is 37.3 Å². The van der Waals surface area contributed by atoms with Gasteiger partial charge in [-0.2, -0.15) is 0 Å². The number of carbonyl (C=O) groups excluding carboxylic acids is 1. The summed E-state index contributed by atoms with van der Waals surface area (Å²) in [6, 6.07) is 9.45. The zero-order chi connectivity index (χ0) is 17.5. The summed E-state index contributed by atoms with van der Waals surface area (Å²) in [6.07, 6.45) is -1.24. The van der Waals surface area contributed by atoms with Crippen LogP contribution in [0.15, 0.2) is 30.3 Å². The molecular formula is C18H29NO4. The number of alkyl carbamates (subject to hydrolysis) is 1. The summed E-state index contributed by atoms with van der Waals surface area (Å²) < 4.78 is 10.8. The number of ether oxygens (including phenoxy) is 2. The molecular weight excluding hydrogens is 294 g/mol. The molecule has 1 amide bonds. The highest BCUT2D eigenvalue weighted by molar-refractivity contribution is 5.68. The Morgan fingerprint density at radius 2 is 1.83 bits per heavy atom. The summed E-state index contributed by atoms with van der Waals surface area (Å²) in [4.78, 5) is 11.7. The van der Waals surface area contributed by atoms with Crippen LogP contribution in [0.3, 0.4) is 0 Å². The Bertz CT molecular complexity index is 470. The fourth-order valence-corrected chi connectivity index (χ4v) is 2.11. The van der Waals surface area contributed by atoms with Gasteiger partial charge in [0.2, 0.25) is 0 Å². The Kier molecular flexibility index (Phi) is 7.52. The molecule has 0 saturated heterocycles. The number of aliphatic hydroxyl groups is 1. The van der Waals surface area contributed by atoms with Crippen molar-refractivity contribution in [2.24, 2.45) is 5.92 Å². The standard InChI is InChI=1S/C18H29NO4/c1-13(11-22-12-15-9-7-6-8-10-15)16(20)14(2)19-17(21)23-18(3,4)5/h6-10,13-14,16,20H,11-12H2,1-5H3,(H,19,21)/t13-,14-,16+/m1/s1. The molecule has 0 heterocycles. The lowest BCUT2D eigenvalue weighted by atomic mass is 10.00. The van der Waals surface area contributed by atoms with Crippen LogP contribution in [0.5, 0.6) is 0 Å². The number of hydrogen-bond acceptors (Lipinski definition) is 4. The fraction of sp³-hybridized carbons (Fsp3) is 0.611. The third kappa shape index (κ3) is 8.00. The van der Waals surface area contributed by atoms with Crippen LogP contribution in [0.25, 0.3) is 0 Å². The van der Waals surface area contributed by atoms with E-state index in [-0.39, 0.29) is 5.92 Å². The van der Waals surface area contributed by atoms with E-state index in [9.17, 15) is 9.90 Å². The molecule has 0 aliphatic heterocycles. The highest BCUT2D eigenvalue weighted by Gasteiger charge is 2.25. The topological polar surface area (TPSA) is 67.8 Å². The van der Waals surface area contributed by atoms with Crippen LogP contribution in [0, 0.1) is 5.92 Å². The molecule has 1 rings (SSSR count). The van der Waals surface area contributed by atoms with E-state index in [1.165, 1.54) is 0 Å². The van der Waals surface area contributed by atoms with Crippen LogP contribution < -0.4 is 5.32 Å². The highest BCUT2D eigenvalue weighted by Crippen LogP contribution is 2.12. The SMILES string of the molecule is C[C@H](COCc1ccccc1)[C@H](O)[C@@H](C)NC(=O)OC(C)(C)C. The quantitative estimate of drug-likeness (QED) is 0.809. The molecule has 0 saturated carbocycles. The number of amides is 1. The molecule has 0 spiro atoms. The van der Waals surface area contributed by atoms with Gasteiger partial charge in [-0.05, 0) is 33.3 Å². The van der Waals surface area contributed by atoms with Gasteiger partial charge >= 0.3 is 6.09 Å². The molecule has 5 heteroatoms. The van der Waals surface area contributed by atoms with Crippen molar-refractivity contribution in [1.29, 1.82) is 0 Å². The second-order valence-corrected chi connectivity index (χ2v) is 6.90. The summed E-state index contributed by atoms with van der Waals surface area (Å²) in [5, 5.41) is 12.9. The predicted octanol–water partition coefficient (Wildman–Crippen LogP) is 3.11. The van der Waals surface area contributed by atoms with E-state index >= 15 is 0 Å². The maximum absolute atomic E-state index is 11.7. The number of rotatable bonds is 7. The van der Waals surface area contributed by atoms with Gasteiger partial charge in [-0.3, -0.25) is 0 Å². The maximum Gasteiger partial charge on any atom is 0.407 e. The van der Waals surface area contributed by atoms with Gasteiger partial charge in [-0.15, -0.1) is 0 Å². The minimum absolute atomic E-state index is 0.108. The average molecular weight is 323 g/mol. The van der Waals surface area contributed by atoms with E-state index in [4.69, 9.17) is 9.47 Å². The number of aliphatic hydroxyl groups excluding tert-OH is 1. The molecule has 5 nitrogen and oxygen atoms in total. The molecule has 23 heavy (non-hydrogen) atoms. The van der Waals surface area contributed by atoms with Crippen LogP contribution in [0.1, 0.15) is 40.2 Å². The van der Waals surface area contributed by atoms with Crippen molar-refractivity contribution < 1.29 is 19.4 Å². The summed E-state index contributed by atoms with van der Waals surface area (Å²) in [5.74, 6) is -0.108. The van der Waals surface area contributed by atoms with E-state index in [2.05, 4.69) is 5.32 Å². The zero-order valence-corrected chi connectivity index (χ0v) is 14.7. The van der Waals surface area contributed by atoms with E-state index in [0.717, 1.165) is 5.56 Å². The molecule has 0 fully saturated rings. The first-order valence-electron chi connectivity index (χ1n) is 7.98. The van der Waals surface area contributed by atoms with E-state index in [1.807, 2.05) is 37.3 Å². The van der Waals surface area contributed by atoms with Gasteiger partial charge < -0.3 is 19.9 Å². The number of carbonyl (C=O) groups is 1. The Morgan fingerprint density at radius 3 is 2.39 bits per heavy atom. The third-order valence-electron chi connectivity index (χ3n) is 3.33. The first kappa shape index (κ1) is 19.5. The summed E-state index contributed by atoms with van der Waals surface area (Å²) in [6.45, 7) is 9.96. The minimum atomic E-state index is -0.710. The van der Waals surface area contributed by atoms with Gasteiger partial charge in [0, 0.05) is 5.92 Å². The van der Waals surface area contributed by atoms with Crippen molar-refractivity contribution in [3.05, 3.63) is 35.9 Å². The third-order valence-corrected chi connectivity index (χ3v) is 3.33. The van der Waals surface area contributed by atoms with Gasteiger partial charge in [0.25, 0.3) is 0 Å². The minimum Gasteiger partial charge on any atom is -0.444 e. The molecule has 130 valence electrons. The van der Waals surface area contributed by atoms with Crippen molar-refractivity contribution in [3.63, 3.8) is 0 Å². The van der Waals surface area contributed by atoms with Crippen LogP contribution >= 0.6 is 0 Å². The fourth-order valence-electron chi connectivity index (χ4n) is 2.11. The van der Waals surface area contributed by atoms with Crippen LogP contribution in [0.4, 0.5) is 4.79 Å². The molecule has 0 aliphatic carbocycles. The number of nitrogens with one attached hydrogen (secondary N) is 1. The normalized spacial score (nSPS) is 15.6. The lowest BCUT2D eigenvalue weighted by molar-refractivity contribution is 0.00722. The second-order valence-electron chi connectivity index (χ2n) is 6.90. The van der Waals surface area contributed by atoms with Crippen molar-refractivity contribution >= 4 is 6.09 Å². The summed E-state index contributed by atoms with van der Waals surface area (Å²) in [5.41, 5.74) is 0.535. The number of hydrogen-bond donors (Lipinski definition) is 2. The first-order chi connectivity index (χ1) is 10.7. The smallest absolute Gasteiger partial charge is 0.407 e. The maximum atomic E-state index is 11.7. The van der Waals surface area contributed by atoms with Crippen LogP contribution in [-0.4, -0.2) is 35.6 Å². The summed E-state index contributed by atoms with van der Waals surface area (Å²) in [7, 11) is 0. The highest BCUT2D eigenvalue weighted by atomic mass is 16.6. The Hall–Kier alpha value is -1.59. The second kappa shape index (κ2) is 8.89. The molecule has 2 N–H and O–H groups in total. The van der Waals surface area contributed by atoms with Crippen molar-refractivity contribution in [1.82, 2.24) is 5.32 Å². The Labute approximate surface area is 139 Å². The van der Waals surface area contributed by atoms with Gasteiger partial charge in [0.05, 0.1) is 25.4 Å². The summed E-state index contributed by atoms with van der Waals surface area (Å²) >= 11 is 0. The van der Waals surface area contributed by atoms with Gasteiger partial charge in [-0.25, -0.2) is 4.79 Å². The monoisotopic (exact) mass is 323 g/mol. The predicted molar refractivity (Wildman–Crippen MR) is 90.1 cm³/mol. The average Bonchev–Trinajstić information content (AvgIpc) is 2.45. The van der Waals surface area contributed by atoms with Crippen LogP contribution in [0.2, 0.25) is 0 Å². The molecule has 0 bridgehead atoms. The Balaban J connectivity index is 2.34. The van der Waals surface area contributed by atoms with Gasteiger partial charge in [0.15, 0.2) is 0 Å². The zero-order valence-electron chi connectivity index (χ0n) is 14.7. The number of benzene rings is 1. The van der Waals surface area contributed by atoms with Crippen molar-refractivity contribution in [3.8, 4) is 0 Å². The molecule has 1 aromatic rings. The van der Waals surface area contributed by atoms with E-state index < -0.39 is 23.8 Å². The largest absolute Gasteiger partial charge is 0.444 e. The molecule has 0 aliphatic rings. The molecule has 0 unspecified atom stereocenters. The lowest BCUT2D eigenvalue weighted by Gasteiger charge is -2.27. The van der Waals surface area contributed by atoms with Crippen molar-refractivity contribution in [2.75, 3.05) is 6.61 Å².